The van der Waals surface area contributed by atoms with Gasteiger partial charge in [-0.3, -0.25) is 4.98 Å². The summed E-state index contributed by atoms with van der Waals surface area (Å²) >= 11 is 0. The molecule has 0 saturated heterocycles. The van der Waals surface area contributed by atoms with E-state index in [1.807, 2.05) is 24.3 Å². The molecule has 1 aromatic heterocycles. The molecule has 2 aromatic carbocycles. The Morgan fingerprint density at radius 2 is 1.56 bits per heavy atom. The Bertz CT molecular complexity index is 918. The maximum atomic E-state index is 12.9. The van der Waals surface area contributed by atoms with Crippen LogP contribution in [0.3, 0.4) is 0 Å². The van der Waals surface area contributed by atoms with Crippen molar-refractivity contribution in [3.05, 3.63) is 78.2 Å². The van der Waals surface area contributed by atoms with Gasteiger partial charge in [-0.25, -0.2) is 17.5 Å². The summed E-state index contributed by atoms with van der Waals surface area (Å²) in [7, 11) is -2.65. The molecule has 1 N–H and O–H groups in total. The molecule has 0 bridgehead atoms. The molecule has 0 fully saturated rings. The van der Waals surface area contributed by atoms with Crippen molar-refractivity contribution in [3.8, 4) is 22.8 Å². The summed E-state index contributed by atoms with van der Waals surface area (Å²) in [6.45, 7) is 0.151. The molecule has 0 radical (unpaired) electrons. The van der Waals surface area contributed by atoms with Gasteiger partial charge < -0.3 is 4.74 Å². The third kappa shape index (κ3) is 4.85. The van der Waals surface area contributed by atoms with Gasteiger partial charge in [-0.15, -0.1) is 0 Å². The topological polar surface area (TPSA) is 68.3 Å². The van der Waals surface area contributed by atoms with Crippen LogP contribution in [0.25, 0.3) is 11.3 Å². The molecule has 3 rings (SSSR count). The highest BCUT2D eigenvalue weighted by Gasteiger charge is 2.03. The first-order valence-corrected chi connectivity index (χ1v) is 8.65. The summed E-state index contributed by atoms with van der Waals surface area (Å²) in [5.41, 5.74) is 2.23. The predicted octanol–water partition coefficient (Wildman–Crippen LogP) is 3.30. The molecule has 1 heterocycles. The van der Waals surface area contributed by atoms with E-state index in [-0.39, 0.29) is 12.4 Å². The number of nitrogens with zero attached hydrogens (tertiary/aromatic N) is 1. The second-order valence-corrected chi connectivity index (χ2v) is 6.02. The van der Waals surface area contributed by atoms with Gasteiger partial charge >= 0.3 is 0 Å². The van der Waals surface area contributed by atoms with Crippen LogP contribution >= 0.6 is 0 Å². The van der Waals surface area contributed by atoms with Crippen LogP contribution < -0.4 is 9.46 Å². The molecule has 0 atom stereocenters. The predicted molar refractivity (Wildman–Crippen MR) is 93.3 cm³/mol. The van der Waals surface area contributed by atoms with E-state index in [0.29, 0.717) is 17.2 Å². The minimum atomic E-state index is -2.65. The number of hydrogen-bond donors (Lipinski definition) is 2. The lowest BCUT2D eigenvalue weighted by molar-refractivity contribution is 0.480. The van der Waals surface area contributed by atoms with Crippen LogP contribution in [0.15, 0.2) is 66.7 Å². The Morgan fingerprint density at radius 3 is 2.20 bits per heavy atom. The summed E-state index contributed by atoms with van der Waals surface area (Å²) in [5, 5.41) is 0. The zero-order valence-electron chi connectivity index (χ0n) is 13.1. The second kappa shape index (κ2) is 7.87. The van der Waals surface area contributed by atoms with Gasteiger partial charge in [-0.1, -0.05) is 6.07 Å². The number of pyridine rings is 1. The van der Waals surface area contributed by atoms with Crippen molar-refractivity contribution >= 4 is 10.9 Å². The smallest absolute Gasteiger partial charge is 0.201 e. The summed E-state index contributed by atoms with van der Waals surface area (Å²) in [5.74, 6) is 0.855. The van der Waals surface area contributed by atoms with E-state index in [4.69, 9.17) is 4.74 Å². The Kier molecular flexibility index (Phi) is 5.37. The van der Waals surface area contributed by atoms with Gasteiger partial charge in [-0.05, 0) is 60.7 Å². The number of hydrogen-bond acceptors (Lipinski definition) is 4. The minimum Gasteiger partial charge on any atom is -0.457 e. The molecule has 128 valence electrons. The largest absolute Gasteiger partial charge is 0.457 e. The lowest BCUT2D eigenvalue weighted by Crippen LogP contribution is -2.11. The molecule has 0 unspecified atom stereocenters. The van der Waals surface area contributed by atoms with Crippen LogP contribution in [0.5, 0.6) is 11.5 Å². The molecule has 0 aliphatic carbocycles. The summed E-state index contributed by atoms with van der Waals surface area (Å²) in [6, 6.07) is 18.5. The fraction of sp³-hybridized carbons (Fsp3) is 0.0556. The Hall–Kier alpha value is -2.77. The van der Waals surface area contributed by atoms with Gasteiger partial charge in [0.05, 0.1) is 17.9 Å². The quantitative estimate of drug-likeness (QED) is 0.664. The van der Waals surface area contributed by atoms with E-state index in [1.165, 1.54) is 12.1 Å². The molecule has 3 aromatic rings. The molecular weight excluding hydrogens is 343 g/mol. The fourth-order valence-electron chi connectivity index (χ4n) is 2.22. The standard InChI is InChI=1S/C18H15FN2O3S/c19-14-6-10-17(11-7-14)24-16-8-4-13(5-9-16)18-3-1-2-15(21-18)12-20-25(22)23/h1-11,25H,12H2,(H,20,22,23). The number of aromatic nitrogens is 1. The zero-order valence-corrected chi connectivity index (χ0v) is 13.9. The van der Waals surface area contributed by atoms with E-state index in [1.54, 1.807) is 30.3 Å². The maximum Gasteiger partial charge on any atom is 0.201 e. The van der Waals surface area contributed by atoms with Crippen molar-refractivity contribution < 1.29 is 17.5 Å². The van der Waals surface area contributed by atoms with Gasteiger partial charge in [0.1, 0.15) is 17.3 Å². The maximum absolute atomic E-state index is 12.9. The van der Waals surface area contributed by atoms with Crippen LogP contribution in [0.4, 0.5) is 4.39 Å². The monoisotopic (exact) mass is 358 g/mol. The van der Waals surface area contributed by atoms with Crippen molar-refractivity contribution in [1.82, 2.24) is 9.71 Å². The van der Waals surface area contributed by atoms with Crippen molar-refractivity contribution in [3.63, 3.8) is 0 Å². The Labute approximate surface area is 146 Å². The van der Waals surface area contributed by atoms with E-state index in [9.17, 15) is 12.8 Å². The molecular formula is C18H15FN2O3S. The Balaban J connectivity index is 1.73. The molecule has 0 saturated carbocycles. The SMILES string of the molecule is O=[SH](=O)NCc1cccc(-c2ccc(Oc3ccc(F)cc3)cc2)n1. The molecule has 0 aliphatic rings. The first-order valence-electron chi connectivity index (χ1n) is 7.48. The molecule has 0 spiro atoms. The third-order valence-corrected chi connectivity index (χ3v) is 3.81. The first-order chi connectivity index (χ1) is 12.1. The van der Waals surface area contributed by atoms with Gasteiger partial charge in [0.25, 0.3) is 0 Å². The van der Waals surface area contributed by atoms with Crippen LogP contribution in [0.2, 0.25) is 0 Å². The summed E-state index contributed by atoms with van der Waals surface area (Å²) in [4.78, 5) is 4.43. The highest BCUT2D eigenvalue weighted by atomic mass is 32.2. The number of nitrogens with one attached hydrogen (secondary N) is 1. The Morgan fingerprint density at radius 1 is 0.920 bits per heavy atom. The number of thiol groups is 1. The lowest BCUT2D eigenvalue weighted by Gasteiger charge is -2.07. The van der Waals surface area contributed by atoms with E-state index in [2.05, 4.69) is 9.71 Å². The number of rotatable bonds is 6. The molecule has 25 heavy (non-hydrogen) atoms. The van der Waals surface area contributed by atoms with Gasteiger partial charge in [0, 0.05) is 5.56 Å². The summed E-state index contributed by atoms with van der Waals surface area (Å²) in [6.07, 6.45) is 0. The van der Waals surface area contributed by atoms with Crippen molar-refractivity contribution in [2.24, 2.45) is 0 Å². The van der Waals surface area contributed by atoms with Crippen molar-refractivity contribution in [1.29, 1.82) is 0 Å². The average molecular weight is 358 g/mol. The molecule has 5 nitrogen and oxygen atoms in total. The van der Waals surface area contributed by atoms with Gasteiger partial charge in [0.2, 0.25) is 10.9 Å². The van der Waals surface area contributed by atoms with Crippen molar-refractivity contribution in [2.45, 2.75) is 6.54 Å². The first kappa shape index (κ1) is 17.1. The minimum absolute atomic E-state index is 0.151. The van der Waals surface area contributed by atoms with Gasteiger partial charge in [0.15, 0.2) is 0 Å². The average Bonchev–Trinajstić information content (AvgIpc) is 2.63. The summed E-state index contributed by atoms with van der Waals surface area (Å²) < 4.78 is 42.1. The normalized spacial score (nSPS) is 10.8. The highest BCUT2D eigenvalue weighted by Crippen LogP contribution is 2.25. The second-order valence-electron chi connectivity index (χ2n) is 5.19. The number of halogens is 1. The zero-order chi connectivity index (χ0) is 17.6. The number of ether oxygens (including phenoxy) is 1. The molecule has 0 amide bonds. The van der Waals surface area contributed by atoms with E-state index in [0.717, 1.165) is 11.3 Å². The lowest BCUT2D eigenvalue weighted by atomic mass is 10.1. The van der Waals surface area contributed by atoms with Crippen LogP contribution in [0, 0.1) is 5.82 Å². The van der Waals surface area contributed by atoms with E-state index >= 15 is 0 Å². The van der Waals surface area contributed by atoms with Gasteiger partial charge in [-0.2, -0.15) is 0 Å². The highest BCUT2D eigenvalue weighted by molar-refractivity contribution is 7.70. The third-order valence-electron chi connectivity index (χ3n) is 3.40. The van der Waals surface area contributed by atoms with Crippen LogP contribution in [-0.2, 0) is 17.4 Å². The van der Waals surface area contributed by atoms with Crippen molar-refractivity contribution in [2.75, 3.05) is 0 Å². The molecule has 7 heteroatoms. The van der Waals surface area contributed by atoms with Crippen LogP contribution in [0.1, 0.15) is 5.69 Å². The molecule has 0 aliphatic heterocycles. The van der Waals surface area contributed by atoms with Crippen LogP contribution in [-0.4, -0.2) is 13.4 Å². The van der Waals surface area contributed by atoms with E-state index < -0.39 is 10.9 Å². The number of benzene rings is 2. The fourth-order valence-corrected chi connectivity index (χ4v) is 2.51.